The maximum absolute atomic E-state index is 5.58. The van der Waals surface area contributed by atoms with E-state index in [0.29, 0.717) is 0 Å². The van der Waals surface area contributed by atoms with E-state index in [1.54, 1.807) is 12.5 Å². The molecule has 16 heavy (non-hydrogen) atoms. The zero-order chi connectivity index (χ0) is 11.2. The summed E-state index contributed by atoms with van der Waals surface area (Å²) in [5, 5.41) is 3.68. The highest BCUT2D eigenvalue weighted by atomic mass is 16.5. The van der Waals surface area contributed by atoms with Crippen molar-refractivity contribution in [2.75, 3.05) is 6.61 Å². The zero-order valence-corrected chi connectivity index (χ0v) is 9.35. The van der Waals surface area contributed by atoms with Crippen LogP contribution in [-0.2, 0) is 0 Å². The highest BCUT2D eigenvalue weighted by molar-refractivity contribution is 5.61. The Kier molecular flexibility index (Phi) is 3.59. The van der Waals surface area contributed by atoms with Gasteiger partial charge >= 0.3 is 0 Å². The van der Waals surface area contributed by atoms with Crippen molar-refractivity contribution in [3.63, 3.8) is 0 Å². The van der Waals surface area contributed by atoms with Crippen LogP contribution < -0.4 is 4.74 Å². The summed E-state index contributed by atoms with van der Waals surface area (Å²) in [4.78, 5) is 0. The van der Waals surface area contributed by atoms with Crippen LogP contribution >= 0.6 is 0 Å². The van der Waals surface area contributed by atoms with Gasteiger partial charge < -0.3 is 9.26 Å². The summed E-state index contributed by atoms with van der Waals surface area (Å²) in [6.07, 6.45) is 5.58. The third-order valence-corrected chi connectivity index (χ3v) is 2.39. The molecule has 0 aliphatic heterocycles. The second-order valence-electron chi connectivity index (χ2n) is 3.64. The van der Waals surface area contributed by atoms with Crippen molar-refractivity contribution in [1.29, 1.82) is 0 Å². The molecule has 0 radical (unpaired) electrons. The molecule has 0 saturated carbocycles. The van der Waals surface area contributed by atoms with Gasteiger partial charge in [-0.2, -0.15) is 0 Å². The molecule has 0 unspecified atom stereocenters. The maximum Gasteiger partial charge on any atom is 0.131 e. The molecule has 0 amide bonds. The predicted molar refractivity (Wildman–Crippen MR) is 62.3 cm³/mol. The third kappa shape index (κ3) is 2.63. The van der Waals surface area contributed by atoms with E-state index in [2.05, 4.69) is 12.1 Å². The smallest absolute Gasteiger partial charge is 0.131 e. The van der Waals surface area contributed by atoms with Gasteiger partial charge in [0, 0.05) is 5.56 Å². The van der Waals surface area contributed by atoms with Crippen LogP contribution in [0, 0.1) is 0 Å². The van der Waals surface area contributed by atoms with Gasteiger partial charge in [-0.15, -0.1) is 0 Å². The Hall–Kier alpha value is -1.77. The van der Waals surface area contributed by atoms with Crippen LogP contribution in [0.2, 0.25) is 0 Å². The number of rotatable bonds is 5. The van der Waals surface area contributed by atoms with E-state index in [0.717, 1.165) is 36.3 Å². The van der Waals surface area contributed by atoms with E-state index in [9.17, 15) is 0 Å². The molecule has 0 saturated heterocycles. The second-order valence-corrected chi connectivity index (χ2v) is 3.64. The van der Waals surface area contributed by atoms with E-state index in [1.165, 1.54) is 0 Å². The average molecular weight is 217 g/mol. The van der Waals surface area contributed by atoms with Crippen LogP contribution in [0.3, 0.4) is 0 Å². The summed E-state index contributed by atoms with van der Waals surface area (Å²) < 4.78 is 10.4. The van der Waals surface area contributed by atoms with Gasteiger partial charge in [-0.3, -0.25) is 0 Å². The molecular weight excluding hydrogens is 202 g/mol. The first-order valence-corrected chi connectivity index (χ1v) is 5.53. The minimum Gasteiger partial charge on any atom is -0.494 e. The molecule has 1 heterocycles. The lowest BCUT2D eigenvalue weighted by atomic mass is 10.1. The molecule has 1 aromatic heterocycles. The normalized spacial score (nSPS) is 10.3. The van der Waals surface area contributed by atoms with Gasteiger partial charge in [0.15, 0.2) is 0 Å². The number of ether oxygens (including phenoxy) is 1. The summed E-state index contributed by atoms with van der Waals surface area (Å²) in [7, 11) is 0. The van der Waals surface area contributed by atoms with Crippen molar-refractivity contribution in [3.05, 3.63) is 36.7 Å². The number of unbranched alkanes of at least 4 members (excludes halogenated alkanes) is 1. The monoisotopic (exact) mass is 217 g/mol. The fourth-order valence-electron chi connectivity index (χ4n) is 1.43. The quantitative estimate of drug-likeness (QED) is 0.719. The van der Waals surface area contributed by atoms with Crippen LogP contribution in [0.1, 0.15) is 19.8 Å². The minimum absolute atomic E-state index is 0.781. The molecule has 0 N–H and O–H groups in total. The molecule has 0 fully saturated rings. The van der Waals surface area contributed by atoms with Crippen LogP contribution in [0.4, 0.5) is 0 Å². The SMILES string of the molecule is CCCCOc1ccc(-c2cnoc2)cc1. The van der Waals surface area contributed by atoms with Crippen molar-refractivity contribution in [2.24, 2.45) is 0 Å². The Morgan fingerprint density at radius 2 is 2.00 bits per heavy atom. The fourth-order valence-corrected chi connectivity index (χ4v) is 1.43. The van der Waals surface area contributed by atoms with Crippen LogP contribution in [-0.4, -0.2) is 11.8 Å². The largest absolute Gasteiger partial charge is 0.494 e. The lowest BCUT2D eigenvalue weighted by Gasteiger charge is -2.05. The van der Waals surface area contributed by atoms with Crippen molar-refractivity contribution < 1.29 is 9.26 Å². The van der Waals surface area contributed by atoms with E-state index in [1.807, 2.05) is 24.3 Å². The lowest BCUT2D eigenvalue weighted by molar-refractivity contribution is 0.309. The number of hydrogen-bond acceptors (Lipinski definition) is 3. The zero-order valence-electron chi connectivity index (χ0n) is 9.35. The van der Waals surface area contributed by atoms with Gasteiger partial charge in [-0.05, 0) is 24.1 Å². The molecule has 0 aliphatic rings. The second kappa shape index (κ2) is 5.35. The number of hydrogen-bond donors (Lipinski definition) is 0. The standard InChI is InChI=1S/C13H15NO2/c1-2-3-8-15-13-6-4-11(5-7-13)12-9-14-16-10-12/h4-7,9-10H,2-3,8H2,1H3. The summed E-state index contributed by atoms with van der Waals surface area (Å²) in [5.41, 5.74) is 2.07. The Morgan fingerprint density at radius 1 is 1.19 bits per heavy atom. The maximum atomic E-state index is 5.58. The van der Waals surface area contributed by atoms with Gasteiger partial charge in [0.05, 0.1) is 12.8 Å². The number of benzene rings is 1. The molecule has 0 bridgehead atoms. The van der Waals surface area contributed by atoms with Crippen LogP contribution in [0.5, 0.6) is 5.75 Å². The van der Waals surface area contributed by atoms with Gasteiger partial charge in [0.2, 0.25) is 0 Å². The van der Waals surface area contributed by atoms with E-state index in [4.69, 9.17) is 9.26 Å². The molecule has 84 valence electrons. The Bertz CT molecular complexity index is 406. The van der Waals surface area contributed by atoms with Gasteiger partial charge in [0.25, 0.3) is 0 Å². The van der Waals surface area contributed by atoms with Crippen molar-refractivity contribution in [1.82, 2.24) is 5.16 Å². The highest BCUT2D eigenvalue weighted by Crippen LogP contribution is 2.21. The Morgan fingerprint density at radius 3 is 2.62 bits per heavy atom. The minimum atomic E-state index is 0.781. The molecule has 0 aliphatic carbocycles. The fraction of sp³-hybridized carbons (Fsp3) is 0.308. The molecule has 0 spiro atoms. The molecule has 3 heteroatoms. The first kappa shape index (κ1) is 10.7. The molecule has 3 nitrogen and oxygen atoms in total. The van der Waals surface area contributed by atoms with Crippen LogP contribution in [0.25, 0.3) is 11.1 Å². The Balaban J connectivity index is 2.00. The van der Waals surface area contributed by atoms with Crippen LogP contribution in [0.15, 0.2) is 41.2 Å². The van der Waals surface area contributed by atoms with E-state index >= 15 is 0 Å². The van der Waals surface area contributed by atoms with Gasteiger partial charge in [-0.1, -0.05) is 30.6 Å². The highest BCUT2D eigenvalue weighted by Gasteiger charge is 2.00. The Labute approximate surface area is 95.0 Å². The van der Waals surface area contributed by atoms with Gasteiger partial charge in [0.1, 0.15) is 12.0 Å². The summed E-state index contributed by atoms with van der Waals surface area (Å²) in [6, 6.07) is 7.96. The van der Waals surface area contributed by atoms with Crippen molar-refractivity contribution >= 4 is 0 Å². The van der Waals surface area contributed by atoms with Gasteiger partial charge in [-0.25, -0.2) is 0 Å². The molecule has 2 rings (SSSR count). The number of nitrogens with zero attached hydrogens (tertiary/aromatic N) is 1. The summed E-state index contributed by atoms with van der Waals surface area (Å²) in [5.74, 6) is 0.911. The van der Waals surface area contributed by atoms with Crippen molar-refractivity contribution in [2.45, 2.75) is 19.8 Å². The predicted octanol–water partition coefficient (Wildman–Crippen LogP) is 3.52. The molecule has 1 aromatic carbocycles. The first-order chi connectivity index (χ1) is 7.90. The molecular formula is C13H15NO2. The third-order valence-electron chi connectivity index (χ3n) is 2.39. The summed E-state index contributed by atoms with van der Waals surface area (Å²) in [6.45, 7) is 2.93. The number of aromatic nitrogens is 1. The van der Waals surface area contributed by atoms with Crippen molar-refractivity contribution in [3.8, 4) is 16.9 Å². The first-order valence-electron chi connectivity index (χ1n) is 5.53. The average Bonchev–Trinajstić information content (AvgIpc) is 2.84. The molecule has 0 atom stereocenters. The lowest BCUT2D eigenvalue weighted by Crippen LogP contribution is -1.95. The summed E-state index contributed by atoms with van der Waals surface area (Å²) >= 11 is 0. The van der Waals surface area contributed by atoms with E-state index in [-0.39, 0.29) is 0 Å². The topological polar surface area (TPSA) is 35.3 Å². The van der Waals surface area contributed by atoms with E-state index < -0.39 is 0 Å². The molecule has 2 aromatic rings.